The molecular formula is C33H38Cl2N4O5. The summed E-state index contributed by atoms with van der Waals surface area (Å²) in [5.41, 5.74) is 2.46. The van der Waals surface area contributed by atoms with Crippen molar-refractivity contribution in [3.63, 3.8) is 0 Å². The van der Waals surface area contributed by atoms with E-state index in [1.54, 1.807) is 12.0 Å². The van der Waals surface area contributed by atoms with Crippen molar-refractivity contribution in [3.8, 4) is 11.5 Å². The van der Waals surface area contributed by atoms with Gasteiger partial charge in [0.05, 0.1) is 37.5 Å². The Morgan fingerprint density at radius 2 is 1.57 bits per heavy atom. The molecule has 0 bridgehead atoms. The minimum atomic E-state index is -0.821. The molecule has 11 heteroatoms. The molecule has 2 amide bonds. The number of aliphatic hydroxyl groups excluding tert-OH is 2. The fourth-order valence-corrected chi connectivity index (χ4v) is 5.90. The number of nitrogens with zero attached hydrogens (tertiary/aromatic N) is 4. The Morgan fingerprint density at radius 1 is 0.955 bits per heavy atom. The maximum Gasteiger partial charge on any atom is 0.326 e. The summed E-state index contributed by atoms with van der Waals surface area (Å²) in [6.07, 6.45) is -0.952. The first-order chi connectivity index (χ1) is 21.2. The maximum absolute atomic E-state index is 14.7. The number of carbonyl (C=O) groups is 1. The van der Waals surface area contributed by atoms with Gasteiger partial charge in [-0.1, -0.05) is 47.5 Å². The van der Waals surface area contributed by atoms with E-state index in [1.807, 2.05) is 85.5 Å². The van der Waals surface area contributed by atoms with Gasteiger partial charge in [-0.2, -0.15) is 0 Å². The number of urea groups is 1. The van der Waals surface area contributed by atoms with Gasteiger partial charge in [-0.15, -0.1) is 0 Å². The summed E-state index contributed by atoms with van der Waals surface area (Å²) < 4.78 is 11.8. The van der Waals surface area contributed by atoms with Gasteiger partial charge in [-0.25, -0.2) is 4.79 Å². The van der Waals surface area contributed by atoms with Gasteiger partial charge >= 0.3 is 6.03 Å². The minimum Gasteiger partial charge on any atom is -0.497 e. The molecule has 1 saturated heterocycles. The van der Waals surface area contributed by atoms with Crippen LogP contribution < -0.4 is 9.47 Å². The summed E-state index contributed by atoms with van der Waals surface area (Å²) in [5, 5.41) is 20.4. The van der Waals surface area contributed by atoms with Crippen molar-refractivity contribution < 1.29 is 24.5 Å². The summed E-state index contributed by atoms with van der Waals surface area (Å²) in [4.78, 5) is 25.5. The van der Waals surface area contributed by atoms with Crippen LogP contribution in [-0.4, -0.2) is 95.4 Å². The Morgan fingerprint density at radius 3 is 2.14 bits per heavy atom. The summed E-state index contributed by atoms with van der Waals surface area (Å²) in [5.74, 6) is 1.68. The summed E-state index contributed by atoms with van der Waals surface area (Å²) in [6.45, 7) is 5.99. The fraction of sp³-hybridized carbons (Fsp3) is 0.394. The minimum absolute atomic E-state index is 0.131. The van der Waals surface area contributed by atoms with Crippen LogP contribution in [0.25, 0.3) is 0 Å². The lowest BCUT2D eigenvalue weighted by Crippen LogP contribution is -2.55. The number of aliphatic imine (C=N–C) groups is 1. The molecule has 3 atom stereocenters. The van der Waals surface area contributed by atoms with Gasteiger partial charge < -0.3 is 24.6 Å². The van der Waals surface area contributed by atoms with E-state index >= 15 is 0 Å². The molecule has 44 heavy (non-hydrogen) atoms. The standard InChI is InChI=1S/C33H38Cl2N4O5/c1-21(2)44-29-18-27(43-3)12-13-28(29)32-36-30(22-4-8-24(34)9-5-22)31(23-6-10-25(35)11-7-23)39(32)33(42)38-16-14-37(15-17-38)19-26(41)20-40/h4-13,18,21,26,30-31,40-41H,14-17,19-20H2,1-3H3. The van der Waals surface area contributed by atoms with Crippen molar-refractivity contribution in [1.82, 2.24) is 14.7 Å². The monoisotopic (exact) mass is 640 g/mol. The average Bonchev–Trinajstić information content (AvgIpc) is 3.41. The van der Waals surface area contributed by atoms with Crippen LogP contribution >= 0.6 is 23.2 Å². The van der Waals surface area contributed by atoms with Gasteiger partial charge in [0.25, 0.3) is 0 Å². The molecule has 3 aromatic rings. The average molecular weight is 642 g/mol. The number of halogens is 2. The van der Waals surface area contributed by atoms with Gasteiger partial charge in [0.2, 0.25) is 0 Å². The Labute approximate surface area is 268 Å². The van der Waals surface area contributed by atoms with E-state index in [-0.39, 0.29) is 18.7 Å². The number of amides is 2. The summed E-state index contributed by atoms with van der Waals surface area (Å²) >= 11 is 12.6. The highest BCUT2D eigenvalue weighted by Gasteiger charge is 2.45. The second-order valence-corrected chi connectivity index (χ2v) is 12.1. The van der Waals surface area contributed by atoms with E-state index in [9.17, 15) is 15.0 Å². The van der Waals surface area contributed by atoms with Crippen LogP contribution in [0.5, 0.6) is 11.5 Å². The third kappa shape index (κ3) is 7.14. The molecule has 2 aliphatic rings. The Kier molecular flexibility index (Phi) is 10.3. The summed E-state index contributed by atoms with van der Waals surface area (Å²) in [6, 6.07) is 19.5. The van der Waals surface area contributed by atoms with E-state index < -0.39 is 18.2 Å². The van der Waals surface area contributed by atoms with Crippen LogP contribution in [0.1, 0.15) is 42.6 Å². The van der Waals surface area contributed by atoms with E-state index in [2.05, 4.69) is 4.90 Å². The third-order valence-corrected chi connectivity index (χ3v) is 8.31. The zero-order valence-corrected chi connectivity index (χ0v) is 26.6. The van der Waals surface area contributed by atoms with Crippen LogP contribution in [0.15, 0.2) is 71.7 Å². The number of carbonyl (C=O) groups excluding carboxylic acids is 1. The molecule has 0 spiro atoms. The molecular weight excluding hydrogens is 603 g/mol. The van der Waals surface area contributed by atoms with Gasteiger partial charge in [0.15, 0.2) is 0 Å². The lowest BCUT2D eigenvalue weighted by atomic mass is 9.93. The zero-order valence-electron chi connectivity index (χ0n) is 25.1. The third-order valence-electron chi connectivity index (χ3n) is 7.81. The molecule has 3 unspecified atom stereocenters. The highest BCUT2D eigenvalue weighted by Crippen LogP contribution is 2.46. The van der Waals surface area contributed by atoms with E-state index in [0.29, 0.717) is 65.7 Å². The van der Waals surface area contributed by atoms with Crippen LogP contribution in [0.3, 0.4) is 0 Å². The lowest BCUT2D eigenvalue weighted by molar-refractivity contribution is 0.0424. The van der Waals surface area contributed by atoms with E-state index in [0.717, 1.165) is 11.1 Å². The highest BCUT2D eigenvalue weighted by atomic mass is 35.5. The molecule has 3 aromatic carbocycles. The largest absolute Gasteiger partial charge is 0.497 e. The number of ether oxygens (including phenoxy) is 2. The normalized spacial score (nSPS) is 19.7. The molecule has 1 fully saturated rings. The van der Waals surface area contributed by atoms with Crippen molar-refractivity contribution in [2.24, 2.45) is 4.99 Å². The molecule has 2 aliphatic heterocycles. The lowest BCUT2D eigenvalue weighted by Gasteiger charge is -2.39. The summed E-state index contributed by atoms with van der Waals surface area (Å²) in [7, 11) is 1.60. The zero-order chi connectivity index (χ0) is 31.4. The number of methoxy groups -OCH3 is 1. The van der Waals surface area contributed by atoms with Crippen LogP contribution in [0.2, 0.25) is 10.0 Å². The molecule has 0 saturated carbocycles. The van der Waals surface area contributed by atoms with Crippen molar-refractivity contribution in [3.05, 3.63) is 93.5 Å². The number of benzene rings is 3. The first kappa shape index (κ1) is 32.1. The molecule has 9 nitrogen and oxygen atoms in total. The van der Waals surface area contributed by atoms with Crippen molar-refractivity contribution in [2.45, 2.75) is 38.1 Å². The molecule has 5 rings (SSSR count). The first-order valence-corrected chi connectivity index (χ1v) is 15.5. The smallest absolute Gasteiger partial charge is 0.326 e. The van der Waals surface area contributed by atoms with Crippen LogP contribution in [0, 0.1) is 0 Å². The second-order valence-electron chi connectivity index (χ2n) is 11.3. The van der Waals surface area contributed by atoms with Crippen LogP contribution in [-0.2, 0) is 0 Å². The van der Waals surface area contributed by atoms with Crippen molar-refractivity contribution in [2.75, 3.05) is 46.4 Å². The second kappa shape index (κ2) is 14.2. The number of β-amino-alcohol motifs (C(OH)–C–C–N with tert-alkyl or cyclic N) is 1. The van der Waals surface area contributed by atoms with Crippen molar-refractivity contribution >= 4 is 35.1 Å². The molecule has 0 aromatic heterocycles. The predicted octanol–water partition coefficient (Wildman–Crippen LogP) is 5.42. The quantitative estimate of drug-likeness (QED) is 0.324. The molecule has 2 N–H and O–H groups in total. The van der Waals surface area contributed by atoms with Gasteiger partial charge in [-0.05, 0) is 61.4 Å². The SMILES string of the molecule is COc1ccc(C2=NC(c3ccc(Cl)cc3)C(c3ccc(Cl)cc3)N2C(=O)N2CCN(CC(O)CO)CC2)c(OC(C)C)c1. The molecule has 0 aliphatic carbocycles. The van der Waals surface area contributed by atoms with Crippen LogP contribution in [0.4, 0.5) is 4.79 Å². The van der Waals surface area contributed by atoms with Crippen molar-refractivity contribution in [1.29, 1.82) is 0 Å². The Hall–Kier alpha value is -3.34. The highest BCUT2D eigenvalue weighted by molar-refractivity contribution is 6.30. The molecule has 0 radical (unpaired) electrons. The van der Waals surface area contributed by atoms with Gasteiger partial charge in [-0.3, -0.25) is 14.8 Å². The van der Waals surface area contributed by atoms with Gasteiger partial charge in [0, 0.05) is 48.8 Å². The Bertz CT molecular complexity index is 1460. The molecule has 2 heterocycles. The number of hydrogen-bond donors (Lipinski definition) is 2. The number of aliphatic hydroxyl groups is 2. The first-order valence-electron chi connectivity index (χ1n) is 14.7. The number of amidine groups is 1. The maximum atomic E-state index is 14.7. The Balaban J connectivity index is 1.61. The fourth-order valence-electron chi connectivity index (χ4n) is 5.65. The van der Waals surface area contributed by atoms with E-state index in [1.165, 1.54) is 0 Å². The predicted molar refractivity (Wildman–Crippen MR) is 172 cm³/mol. The molecule has 234 valence electrons. The number of hydrogen-bond acceptors (Lipinski definition) is 7. The number of rotatable bonds is 9. The van der Waals surface area contributed by atoms with Gasteiger partial charge in [0.1, 0.15) is 23.4 Å². The topological polar surface area (TPSA) is 98.1 Å². The number of piperazine rings is 1. The van der Waals surface area contributed by atoms with E-state index in [4.69, 9.17) is 37.7 Å².